The molecule has 1 unspecified atom stereocenters. The van der Waals surface area contributed by atoms with E-state index in [1.807, 2.05) is 91.9 Å². The van der Waals surface area contributed by atoms with Gasteiger partial charge in [0.25, 0.3) is 0 Å². The predicted molar refractivity (Wildman–Crippen MR) is 137 cm³/mol. The van der Waals surface area contributed by atoms with Crippen molar-refractivity contribution in [3.05, 3.63) is 108 Å². The second-order valence-corrected chi connectivity index (χ2v) is 10.2. The largest absolute Gasteiger partial charge is 0.489 e. The van der Waals surface area contributed by atoms with Crippen LogP contribution in [0.4, 0.5) is 0 Å². The Kier molecular flexibility index (Phi) is 8.89. The van der Waals surface area contributed by atoms with Crippen LogP contribution in [0.2, 0.25) is 0 Å². The Labute approximate surface area is 198 Å². The zero-order chi connectivity index (χ0) is 22.8. The van der Waals surface area contributed by atoms with Crippen LogP contribution in [0.15, 0.2) is 85.4 Å². The third kappa shape index (κ3) is 6.68. The first-order chi connectivity index (χ1) is 15.5. The molecule has 0 saturated carbocycles. The van der Waals surface area contributed by atoms with E-state index in [4.69, 9.17) is 4.74 Å². The fourth-order valence-corrected chi connectivity index (χ4v) is 5.62. The molecule has 0 radical (unpaired) electrons. The first kappa shape index (κ1) is 24.0. The second kappa shape index (κ2) is 11.8. The van der Waals surface area contributed by atoms with Crippen molar-refractivity contribution < 1.29 is 14.6 Å². The van der Waals surface area contributed by atoms with Gasteiger partial charge in [0.2, 0.25) is 0 Å². The highest BCUT2D eigenvalue weighted by Gasteiger charge is 2.38. The molecule has 0 amide bonds. The third-order valence-electron chi connectivity index (χ3n) is 5.12. The van der Waals surface area contributed by atoms with Gasteiger partial charge in [-0.2, -0.15) is 0 Å². The number of thioether (sulfide) groups is 2. The minimum atomic E-state index is -0.872. The van der Waals surface area contributed by atoms with Crippen molar-refractivity contribution in [2.75, 3.05) is 0 Å². The van der Waals surface area contributed by atoms with Gasteiger partial charge in [0.15, 0.2) is 4.08 Å². The maximum atomic E-state index is 12.1. The van der Waals surface area contributed by atoms with Crippen LogP contribution in [0.25, 0.3) is 6.08 Å². The van der Waals surface area contributed by atoms with Crippen molar-refractivity contribution in [3.8, 4) is 5.75 Å². The van der Waals surface area contributed by atoms with E-state index < -0.39 is 10.0 Å². The minimum Gasteiger partial charge on any atom is -0.489 e. The summed E-state index contributed by atoms with van der Waals surface area (Å²) in [6.07, 6.45) is 2.37. The quantitative estimate of drug-likeness (QED) is 0.286. The molecule has 0 heterocycles. The molecule has 1 N–H and O–H groups in total. The maximum absolute atomic E-state index is 12.1. The molecule has 3 aromatic carbocycles. The summed E-state index contributed by atoms with van der Waals surface area (Å²) in [6.45, 7) is 6.21. The first-order valence-corrected chi connectivity index (χ1v) is 12.5. The Morgan fingerprint density at radius 2 is 1.47 bits per heavy atom. The highest BCUT2D eigenvalue weighted by molar-refractivity contribution is 8.18. The average Bonchev–Trinajstić information content (AvgIpc) is 2.84. The molecule has 1 atom stereocenters. The van der Waals surface area contributed by atoms with Crippen LogP contribution < -0.4 is 4.74 Å². The summed E-state index contributed by atoms with van der Waals surface area (Å²) in [5, 5.41) is 9.97. The number of carbonyl (C=O) groups is 1. The van der Waals surface area contributed by atoms with Crippen molar-refractivity contribution in [2.24, 2.45) is 0 Å². The van der Waals surface area contributed by atoms with Gasteiger partial charge in [-0.25, -0.2) is 4.79 Å². The average molecular weight is 465 g/mol. The fraction of sp³-hybridized carbons (Fsp3) is 0.222. The lowest BCUT2D eigenvalue weighted by Crippen LogP contribution is -2.31. The Morgan fingerprint density at radius 3 is 2.00 bits per heavy atom. The molecule has 3 rings (SSSR count). The summed E-state index contributed by atoms with van der Waals surface area (Å²) >= 11 is 2.98. The monoisotopic (exact) mass is 464 g/mol. The van der Waals surface area contributed by atoms with Gasteiger partial charge in [-0.15, -0.1) is 23.5 Å². The third-order valence-corrected chi connectivity index (χ3v) is 8.64. The summed E-state index contributed by atoms with van der Waals surface area (Å²) in [4.78, 5) is 12.1. The number of hydrogen-bond acceptors (Lipinski definition) is 4. The lowest BCUT2D eigenvalue weighted by Gasteiger charge is -2.27. The Bertz CT molecular complexity index is 1000. The van der Waals surface area contributed by atoms with Gasteiger partial charge in [-0.05, 0) is 40.8 Å². The van der Waals surface area contributed by atoms with E-state index in [2.05, 4.69) is 6.58 Å². The van der Waals surface area contributed by atoms with Gasteiger partial charge >= 0.3 is 5.97 Å². The van der Waals surface area contributed by atoms with Crippen LogP contribution in [-0.4, -0.2) is 15.2 Å². The maximum Gasteiger partial charge on any atom is 0.330 e. The van der Waals surface area contributed by atoms with Crippen LogP contribution in [0.3, 0.4) is 0 Å². The number of rotatable bonds is 12. The molecule has 0 spiro atoms. The van der Waals surface area contributed by atoms with E-state index in [9.17, 15) is 9.90 Å². The molecule has 3 nitrogen and oxygen atoms in total. The van der Waals surface area contributed by atoms with E-state index >= 15 is 0 Å². The smallest absolute Gasteiger partial charge is 0.330 e. The number of carboxylic acid groups (broad SMARTS) is 1. The van der Waals surface area contributed by atoms with Gasteiger partial charge in [0.1, 0.15) is 12.4 Å². The van der Waals surface area contributed by atoms with Gasteiger partial charge in [0, 0.05) is 11.5 Å². The van der Waals surface area contributed by atoms with Crippen LogP contribution in [-0.2, 0) is 22.9 Å². The molecule has 0 aromatic heterocycles. The highest BCUT2D eigenvalue weighted by Crippen LogP contribution is 2.44. The number of hydrogen-bond donors (Lipinski definition) is 1. The fourth-order valence-electron chi connectivity index (χ4n) is 3.09. The van der Waals surface area contributed by atoms with Gasteiger partial charge in [0.05, 0.1) is 0 Å². The van der Waals surface area contributed by atoms with E-state index in [1.165, 1.54) is 23.5 Å². The van der Waals surface area contributed by atoms with Crippen LogP contribution >= 0.6 is 23.5 Å². The Morgan fingerprint density at radius 1 is 0.906 bits per heavy atom. The van der Waals surface area contributed by atoms with Crippen molar-refractivity contribution in [1.29, 1.82) is 0 Å². The van der Waals surface area contributed by atoms with Crippen molar-refractivity contribution >= 4 is 35.6 Å². The molecule has 5 heteroatoms. The van der Waals surface area contributed by atoms with E-state index in [0.717, 1.165) is 28.0 Å². The highest BCUT2D eigenvalue weighted by atomic mass is 32.2. The molecule has 0 aliphatic rings. The van der Waals surface area contributed by atoms with Gasteiger partial charge in [-0.1, -0.05) is 86.3 Å². The first-order valence-electron chi connectivity index (χ1n) is 10.5. The van der Waals surface area contributed by atoms with Crippen molar-refractivity contribution in [1.82, 2.24) is 0 Å². The lowest BCUT2D eigenvalue weighted by molar-refractivity contribution is -0.137. The van der Waals surface area contributed by atoms with Crippen LogP contribution in [0, 0.1) is 0 Å². The number of aliphatic carboxylic acids is 1. The standard InChI is InChI=1S/C27H28O3S2/c1-3-21-10-12-22(13-11-21)18-30-25-16-14-24(15-17-25)20-32-27(4-2,26(28)29)31-19-23-8-6-5-7-9-23/h3,5-17H,1,4,18-20H2,2H3,(H,28,29). The molecule has 0 aliphatic heterocycles. The molecular weight excluding hydrogens is 436 g/mol. The summed E-state index contributed by atoms with van der Waals surface area (Å²) in [7, 11) is 0. The number of ether oxygens (including phenoxy) is 1. The zero-order valence-corrected chi connectivity index (χ0v) is 19.8. The van der Waals surface area contributed by atoms with Gasteiger partial charge in [-0.3, -0.25) is 0 Å². The normalized spacial score (nSPS) is 12.7. The Balaban J connectivity index is 1.56. The van der Waals surface area contributed by atoms with Gasteiger partial charge < -0.3 is 9.84 Å². The SMILES string of the molecule is C=Cc1ccc(COc2ccc(CSC(CC)(SCc3ccccc3)C(=O)O)cc2)cc1. The summed E-state index contributed by atoms with van der Waals surface area (Å²) in [6, 6.07) is 26.0. The second-order valence-electron chi connectivity index (χ2n) is 7.35. The van der Waals surface area contributed by atoms with E-state index in [1.54, 1.807) is 0 Å². The van der Waals surface area contributed by atoms with E-state index in [0.29, 0.717) is 24.5 Å². The molecule has 3 aromatic rings. The molecule has 0 aliphatic carbocycles. The number of carboxylic acids is 1. The van der Waals surface area contributed by atoms with Crippen LogP contribution in [0.5, 0.6) is 5.75 Å². The Hall–Kier alpha value is -2.63. The molecule has 166 valence electrons. The molecular formula is C27H28O3S2. The predicted octanol–water partition coefficient (Wildman–Crippen LogP) is 7.27. The summed E-state index contributed by atoms with van der Waals surface area (Å²) in [5.41, 5.74) is 4.40. The lowest BCUT2D eigenvalue weighted by atomic mass is 10.1. The number of benzene rings is 3. The molecule has 32 heavy (non-hydrogen) atoms. The van der Waals surface area contributed by atoms with Crippen LogP contribution in [0.1, 0.15) is 35.6 Å². The topological polar surface area (TPSA) is 46.5 Å². The van der Waals surface area contributed by atoms with E-state index in [-0.39, 0.29) is 0 Å². The molecule has 0 bridgehead atoms. The summed E-state index contributed by atoms with van der Waals surface area (Å²) in [5.74, 6) is 1.33. The van der Waals surface area contributed by atoms with Crippen molar-refractivity contribution in [3.63, 3.8) is 0 Å². The van der Waals surface area contributed by atoms with Crippen molar-refractivity contribution in [2.45, 2.75) is 35.5 Å². The molecule has 0 saturated heterocycles. The zero-order valence-electron chi connectivity index (χ0n) is 18.2. The molecule has 0 fully saturated rings. The summed E-state index contributed by atoms with van der Waals surface area (Å²) < 4.78 is 5.01. The minimum absolute atomic E-state index is 0.500.